The number of aromatic nitrogens is 4. The Hall–Kier alpha value is -6.41. The Kier molecular flexibility index (Phi) is 11.4. The van der Waals surface area contributed by atoms with E-state index in [9.17, 15) is 15.0 Å². The average Bonchev–Trinajstić information content (AvgIpc) is 4.07. The number of aliphatic imine (C=N–C) groups is 1. The molecule has 3 aromatic heterocycles. The third-order valence-corrected chi connectivity index (χ3v) is 16.1. The molecular formula is C54H56N8O4S. The van der Waals surface area contributed by atoms with E-state index in [1.807, 2.05) is 19.1 Å². The van der Waals surface area contributed by atoms with Gasteiger partial charge in [0.1, 0.15) is 23.1 Å². The number of carboxylic acid groups (broad SMARTS) is 1. The maximum Gasteiger partial charge on any atom is 0.335 e. The number of rotatable bonds is 10. The van der Waals surface area contributed by atoms with Gasteiger partial charge in [-0.25, -0.2) is 9.78 Å². The molecule has 0 amide bonds. The first kappa shape index (κ1) is 43.2. The molecule has 4 aliphatic rings. The van der Waals surface area contributed by atoms with Gasteiger partial charge in [-0.3, -0.25) is 14.5 Å². The zero-order valence-corrected chi connectivity index (χ0v) is 39.1. The molecule has 0 saturated carbocycles. The Labute approximate surface area is 395 Å². The summed E-state index contributed by atoms with van der Waals surface area (Å²) >= 11 is 1.75. The van der Waals surface area contributed by atoms with Crippen LogP contribution in [0.5, 0.6) is 0 Å². The van der Waals surface area contributed by atoms with Gasteiger partial charge in [0.2, 0.25) is 0 Å². The van der Waals surface area contributed by atoms with Crippen molar-refractivity contribution in [1.29, 1.82) is 0 Å². The van der Waals surface area contributed by atoms with Crippen molar-refractivity contribution in [2.24, 2.45) is 4.99 Å². The number of aromatic carboxylic acids is 1. The summed E-state index contributed by atoms with van der Waals surface area (Å²) in [4.78, 5) is 30.2. The van der Waals surface area contributed by atoms with Gasteiger partial charge in [0.05, 0.1) is 29.5 Å². The number of nitrogens with zero attached hydrogens (tertiary/aromatic N) is 8. The van der Waals surface area contributed by atoms with E-state index in [0.717, 1.165) is 96.8 Å². The molecule has 12 nitrogen and oxygen atoms in total. The summed E-state index contributed by atoms with van der Waals surface area (Å²) in [6.45, 7) is 12.2. The fourth-order valence-electron chi connectivity index (χ4n) is 11.1. The first-order valence-corrected chi connectivity index (χ1v) is 24.5. The van der Waals surface area contributed by atoms with Gasteiger partial charge in [0, 0.05) is 79.1 Å². The number of carboxylic acids is 1. The fourth-order valence-corrected chi connectivity index (χ4v) is 12.3. The average molecular weight is 913 g/mol. The number of oxazole rings is 1. The van der Waals surface area contributed by atoms with Crippen molar-refractivity contribution < 1.29 is 19.4 Å². The second-order valence-corrected chi connectivity index (χ2v) is 20.1. The monoisotopic (exact) mass is 912 g/mol. The minimum absolute atomic E-state index is 0.149. The van der Waals surface area contributed by atoms with Crippen LogP contribution in [0.4, 0.5) is 11.4 Å². The molecule has 2 N–H and O–H groups in total. The number of aliphatic hydroxyl groups is 1. The number of carbonyl (C=O) groups is 1. The predicted octanol–water partition coefficient (Wildman–Crippen LogP) is 9.09. The van der Waals surface area contributed by atoms with Crippen molar-refractivity contribution in [3.05, 3.63) is 176 Å². The van der Waals surface area contributed by atoms with Crippen LogP contribution >= 0.6 is 11.3 Å². The first-order chi connectivity index (χ1) is 32.6. The maximum atomic E-state index is 11.9. The van der Waals surface area contributed by atoms with Crippen LogP contribution in [0.2, 0.25) is 0 Å². The highest BCUT2D eigenvalue weighted by molar-refractivity contribution is 7.15. The zero-order chi connectivity index (χ0) is 45.8. The quantitative estimate of drug-likeness (QED) is 0.137. The van der Waals surface area contributed by atoms with Crippen LogP contribution in [0.25, 0.3) is 5.00 Å². The molecular weight excluding hydrogens is 857 g/mol. The van der Waals surface area contributed by atoms with Crippen LogP contribution in [-0.4, -0.2) is 98.0 Å². The molecule has 0 radical (unpaired) electrons. The highest BCUT2D eigenvalue weighted by Crippen LogP contribution is 2.47. The van der Waals surface area contributed by atoms with Gasteiger partial charge in [-0.15, -0.1) is 21.5 Å². The lowest BCUT2D eigenvalue weighted by Crippen LogP contribution is -2.55. The van der Waals surface area contributed by atoms with Gasteiger partial charge >= 0.3 is 5.97 Å². The van der Waals surface area contributed by atoms with E-state index in [-0.39, 0.29) is 12.0 Å². The van der Waals surface area contributed by atoms with Gasteiger partial charge in [-0.1, -0.05) is 60.7 Å². The van der Waals surface area contributed by atoms with Crippen molar-refractivity contribution >= 4 is 34.4 Å². The maximum absolute atomic E-state index is 11.9. The van der Waals surface area contributed by atoms with Crippen LogP contribution < -0.4 is 9.80 Å². The topological polar surface area (TPSA) is 136 Å². The number of hydrogen-bond donors (Lipinski definition) is 2. The van der Waals surface area contributed by atoms with Crippen LogP contribution in [0.1, 0.15) is 109 Å². The number of anilines is 2. The predicted molar refractivity (Wildman–Crippen MR) is 263 cm³/mol. The Morgan fingerprint density at radius 2 is 1.55 bits per heavy atom. The molecule has 6 heterocycles. The third-order valence-electron chi connectivity index (χ3n) is 14.9. The molecule has 4 aromatic carbocycles. The van der Waals surface area contributed by atoms with E-state index in [1.54, 1.807) is 29.9 Å². The molecule has 2 fully saturated rings. The van der Waals surface area contributed by atoms with E-state index >= 15 is 0 Å². The minimum atomic E-state index is -0.879. The van der Waals surface area contributed by atoms with Crippen molar-refractivity contribution in [2.45, 2.75) is 76.4 Å². The number of β-amino-alcohol motifs (C(OH)–C–C–N with tert-alkyl or cyclic N) is 1. The lowest BCUT2D eigenvalue weighted by atomic mass is 9.69. The molecule has 7 aromatic rings. The summed E-state index contributed by atoms with van der Waals surface area (Å²) in [5, 5.41) is 31.8. The van der Waals surface area contributed by atoms with E-state index in [1.165, 1.54) is 32.8 Å². The normalized spacial score (nSPS) is 20.4. The Morgan fingerprint density at radius 1 is 0.836 bits per heavy atom. The second-order valence-electron chi connectivity index (χ2n) is 18.9. The summed E-state index contributed by atoms with van der Waals surface area (Å²) in [7, 11) is 0. The van der Waals surface area contributed by atoms with Crippen LogP contribution in [0.15, 0.2) is 119 Å². The SMILES string of the molecule is Cc1sc2c(c1C)C(c1ccc(N3CCC(O)(CN4CCN(c5ccc([C@H]6c7ccc(C(=O)O)cc7CC[C@H]6c6ccccc6)cc5)CC4)CC3)cc1)=N[C@H](Cc1ncco1)c1nnc(C)n1-2. The van der Waals surface area contributed by atoms with Gasteiger partial charge < -0.3 is 24.4 Å². The summed E-state index contributed by atoms with van der Waals surface area (Å²) in [5.41, 5.74) is 11.3. The molecule has 1 aliphatic carbocycles. The Bertz CT molecular complexity index is 2930. The molecule has 0 spiro atoms. The summed E-state index contributed by atoms with van der Waals surface area (Å²) in [6.07, 6.45) is 7.01. The zero-order valence-electron chi connectivity index (χ0n) is 38.3. The largest absolute Gasteiger partial charge is 0.478 e. The number of piperazine rings is 1. The molecule has 67 heavy (non-hydrogen) atoms. The number of benzene rings is 4. The van der Waals surface area contributed by atoms with E-state index in [0.29, 0.717) is 43.2 Å². The summed E-state index contributed by atoms with van der Waals surface area (Å²) in [5.74, 6) is 1.82. The van der Waals surface area contributed by atoms with Gasteiger partial charge in [-0.2, -0.15) is 0 Å². The van der Waals surface area contributed by atoms with Crippen molar-refractivity contribution in [1.82, 2.24) is 24.6 Å². The van der Waals surface area contributed by atoms with E-state index in [4.69, 9.17) is 9.41 Å². The standard InChI is InChI=1S/C54H56N8O4S/c1-34-35(2)67-52-48(34)50(56-46(32-47-55-23-30-66-47)51-58-57-36(3)62(51)52)39-11-17-42(18-12-39)60-24-21-54(65,22-25-60)33-59-26-28-61(29-27-59)43-15-9-38(10-16-43)49-44(37-7-5-4-6-8-37)19-13-40-31-41(53(63)64)14-20-45(40)49/h4-12,14-18,20,23,30-31,44,46,49,65H,13,19,21-22,24-29,32-33H2,1-3H3,(H,63,64)/t44-,46+,49+/m0/s1. The van der Waals surface area contributed by atoms with Crippen LogP contribution in [0.3, 0.4) is 0 Å². The number of hydrogen-bond acceptors (Lipinski definition) is 11. The van der Waals surface area contributed by atoms with Crippen molar-refractivity contribution in [3.63, 3.8) is 0 Å². The molecule has 2 saturated heterocycles. The Morgan fingerprint density at radius 3 is 2.25 bits per heavy atom. The van der Waals surface area contributed by atoms with Gasteiger partial charge in [-0.05, 0) is 117 Å². The molecule has 342 valence electrons. The number of piperidine rings is 1. The summed E-state index contributed by atoms with van der Waals surface area (Å²) < 4.78 is 7.83. The lowest BCUT2D eigenvalue weighted by Gasteiger charge is -2.44. The highest BCUT2D eigenvalue weighted by Gasteiger charge is 2.37. The van der Waals surface area contributed by atoms with Crippen LogP contribution in [0, 0.1) is 20.8 Å². The molecule has 0 bridgehead atoms. The number of fused-ring (bicyclic) bond motifs is 4. The van der Waals surface area contributed by atoms with Crippen LogP contribution in [-0.2, 0) is 12.8 Å². The molecule has 11 rings (SSSR count). The van der Waals surface area contributed by atoms with Crippen molar-refractivity contribution in [2.75, 3.05) is 55.6 Å². The highest BCUT2D eigenvalue weighted by atomic mass is 32.1. The first-order valence-electron chi connectivity index (χ1n) is 23.6. The molecule has 0 unspecified atom stereocenters. The van der Waals surface area contributed by atoms with Crippen molar-refractivity contribution in [3.8, 4) is 5.00 Å². The number of aryl methyl sites for hydroxylation is 3. The Balaban J connectivity index is 0.730. The minimum Gasteiger partial charge on any atom is -0.478 e. The van der Waals surface area contributed by atoms with E-state index in [2.05, 4.69) is 127 Å². The molecule has 3 aliphatic heterocycles. The molecule has 13 heteroatoms. The number of thiophene rings is 1. The third kappa shape index (κ3) is 8.27. The smallest absolute Gasteiger partial charge is 0.335 e. The fraction of sp³-hybridized carbons (Fsp3) is 0.352. The van der Waals surface area contributed by atoms with Gasteiger partial charge in [0.15, 0.2) is 11.7 Å². The summed E-state index contributed by atoms with van der Waals surface area (Å²) in [6, 6.07) is 34.0. The van der Waals surface area contributed by atoms with Gasteiger partial charge in [0.25, 0.3) is 0 Å². The molecule has 3 atom stereocenters. The second kappa shape index (κ2) is 17.7. The lowest BCUT2D eigenvalue weighted by molar-refractivity contribution is -0.0173. The van der Waals surface area contributed by atoms with E-state index < -0.39 is 11.6 Å².